The molecule has 0 fully saturated rings. The van der Waals surface area contributed by atoms with Crippen molar-refractivity contribution in [3.05, 3.63) is 106 Å². The second kappa shape index (κ2) is 39.6. The Morgan fingerprint density at radius 1 is 0.189 bits per heavy atom. The molecule has 0 saturated heterocycles. The number of carbonyl (C=O) groups is 1. The van der Waals surface area contributed by atoms with Crippen LogP contribution in [-0.2, 0) is 36.8 Å². The largest absolute Gasteiger partial charge is 0.465 e. The molecule has 0 bridgehead atoms. The highest BCUT2D eigenvalue weighted by Crippen LogP contribution is 2.61. The second-order valence-corrected chi connectivity index (χ2v) is 34.7. The smallest absolute Gasteiger partial charge is 0.337 e. The number of rotatable bonds is 56. The zero-order valence-corrected chi connectivity index (χ0v) is 68.1. The van der Waals surface area contributed by atoms with Gasteiger partial charge in [-0.15, -0.1) is 0 Å². The van der Waals surface area contributed by atoms with Gasteiger partial charge in [0.05, 0.1) is 12.7 Å². The van der Waals surface area contributed by atoms with Gasteiger partial charge in [-0.05, 0) is 233 Å². The van der Waals surface area contributed by atoms with Gasteiger partial charge in [-0.1, -0.05) is 384 Å². The Hall–Kier alpha value is -5.99. The van der Waals surface area contributed by atoms with E-state index in [1.165, 1.54) is 478 Å². The molecule has 13 aromatic rings. The molecule has 0 N–H and O–H groups in total. The van der Waals surface area contributed by atoms with Gasteiger partial charge in [-0.25, -0.2) is 4.79 Å². The summed E-state index contributed by atoms with van der Waals surface area (Å²) >= 11 is 0. The van der Waals surface area contributed by atoms with Crippen LogP contribution < -0.4 is 0 Å². The number of benzene rings is 13. The lowest BCUT2D eigenvalue weighted by molar-refractivity contribution is 0.0601. The van der Waals surface area contributed by atoms with E-state index in [0.29, 0.717) is 5.56 Å². The number of hydrogen-bond donors (Lipinski definition) is 0. The van der Waals surface area contributed by atoms with Gasteiger partial charge in [0.2, 0.25) is 0 Å². The minimum absolute atomic E-state index is 0.239. The maximum absolute atomic E-state index is 14.7. The molecule has 0 radical (unpaired) electrons. The third-order valence-corrected chi connectivity index (χ3v) is 26.4. The van der Waals surface area contributed by atoms with Gasteiger partial charge in [0.1, 0.15) is 0 Å². The molecule has 0 atom stereocenters. The fourth-order valence-corrected chi connectivity index (χ4v) is 20.6. The molecule has 13 rings (SSSR count). The SMILES string of the molecule is CCCCCCCCCCCCc1cc2c3cc(CCCCCCCCCCCC)cc4c5cc(CCCCCCCCCCCC)cc6c7cc(C(=O)OC)cc8c9cc(CCCCCCCCCCCC)cc%10c%11cc(CCCCCCCCCCCC)cc%12c(c1)c2c1c(c34)c(c56)c(c78)c(c%109)c1c%12%11. The summed E-state index contributed by atoms with van der Waals surface area (Å²) in [5.41, 5.74) is 8.14. The Morgan fingerprint density at radius 2 is 0.321 bits per heavy atom. The van der Waals surface area contributed by atoms with E-state index in [1.807, 2.05) is 0 Å². The summed E-state index contributed by atoms with van der Waals surface area (Å²) in [4.78, 5) is 14.7. The van der Waals surface area contributed by atoms with E-state index < -0.39 is 0 Å². The van der Waals surface area contributed by atoms with Crippen LogP contribution in [0, 0.1) is 0 Å². The maximum Gasteiger partial charge on any atom is 0.337 e. The van der Waals surface area contributed by atoms with Crippen molar-refractivity contribution in [2.24, 2.45) is 0 Å². The Bertz CT molecular complexity index is 4510. The average Bonchev–Trinajstić information content (AvgIpc) is 0.643. The summed E-state index contributed by atoms with van der Waals surface area (Å²) in [5, 5.41) is 34.5. The monoisotopic (exact) mass is 1420 g/mol. The van der Waals surface area contributed by atoms with Crippen molar-refractivity contribution in [1.29, 1.82) is 0 Å². The molecule has 2 heteroatoms. The fraction of sp³-hybridized carbons (Fsp3) is 0.587. The summed E-state index contributed by atoms with van der Waals surface area (Å²) < 4.78 is 5.85. The first-order chi connectivity index (χ1) is 52.4. The number of ether oxygens (including phenoxy) is 1. The normalized spacial score (nSPS) is 12.7. The molecule has 13 aromatic carbocycles. The molecule has 0 unspecified atom stereocenters. The van der Waals surface area contributed by atoms with Crippen LogP contribution in [0.4, 0.5) is 0 Å². The summed E-state index contributed by atoms with van der Waals surface area (Å²) in [6.07, 6.45) is 72.7. The topological polar surface area (TPSA) is 26.3 Å². The Labute approximate surface area is 641 Å². The highest BCUT2D eigenvalue weighted by molar-refractivity contribution is 6.61. The van der Waals surface area contributed by atoms with E-state index in [2.05, 4.69) is 107 Å². The first-order valence-electron chi connectivity index (χ1n) is 45.8. The third-order valence-electron chi connectivity index (χ3n) is 26.4. The zero-order chi connectivity index (χ0) is 73.0. The molecule has 0 aromatic heterocycles. The molecule has 0 heterocycles. The zero-order valence-electron chi connectivity index (χ0n) is 68.1. The van der Waals surface area contributed by atoms with Gasteiger partial charge < -0.3 is 4.74 Å². The van der Waals surface area contributed by atoms with E-state index >= 15 is 0 Å². The predicted molar refractivity (Wildman–Crippen MR) is 473 cm³/mol. The number of fused-ring (bicyclic) bond motifs is 6. The van der Waals surface area contributed by atoms with Crippen molar-refractivity contribution in [3.63, 3.8) is 0 Å². The Morgan fingerprint density at radius 3 is 0.462 bits per heavy atom. The lowest BCUT2D eigenvalue weighted by Crippen LogP contribution is -2.05. The van der Waals surface area contributed by atoms with Crippen LogP contribution in [0.2, 0.25) is 0 Å². The van der Waals surface area contributed by atoms with Gasteiger partial charge in [0.25, 0.3) is 0 Å². The summed E-state index contributed by atoms with van der Waals surface area (Å²) in [6, 6.07) is 31.8. The van der Waals surface area contributed by atoms with E-state index in [1.54, 1.807) is 7.11 Å². The quantitative estimate of drug-likeness (QED) is 0.0164. The maximum atomic E-state index is 14.7. The van der Waals surface area contributed by atoms with Gasteiger partial charge in [0, 0.05) is 0 Å². The standard InChI is InChI=1S/C104H140O2/c1-7-12-17-22-27-32-37-42-47-52-57-74-62-80-82-64-75(58-53-48-43-38-33-28-23-18-13-8-2)66-84-86-68-77(60-55-50-45-40-35-30-25-20-15-10-4)70-88-90-72-79(104(105)106-6)73-91-89-71-78(61-56-51-46-41-36-31-26-21-16-11-5)69-87-85-67-76(59-54-49-44-39-34-29-24-19-14-9-3)65-83-81(63-74)92(80)98-99(93(82)84)101(95(86)88)103(97(90)91)102(96(87)89)100(98)94(83)85/h62-73H,7-61H2,1-6H3. The summed E-state index contributed by atoms with van der Waals surface area (Å²) in [6.45, 7) is 11.7. The molecule has 0 spiro atoms. The highest BCUT2D eigenvalue weighted by Gasteiger charge is 2.33. The van der Waals surface area contributed by atoms with E-state index in [-0.39, 0.29) is 5.97 Å². The van der Waals surface area contributed by atoms with Crippen molar-refractivity contribution in [2.75, 3.05) is 7.11 Å². The van der Waals surface area contributed by atoms with Crippen molar-refractivity contribution in [1.82, 2.24) is 0 Å². The minimum Gasteiger partial charge on any atom is -0.465 e. The molecule has 2 nitrogen and oxygen atoms in total. The van der Waals surface area contributed by atoms with E-state index in [9.17, 15) is 4.79 Å². The molecule has 106 heavy (non-hydrogen) atoms. The van der Waals surface area contributed by atoms with Gasteiger partial charge >= 0.3 is 5.97 Å². The number of esters is 1. The molecular formula is C104H140O2. The number of aryl methyl sites for hydroxylation is 5. The number of methoxy groups -OCH3 is 1. The van der Waals surface area contributed by atoms with E-state index in [4.69, 9.17) is 4.74 Å². The fourth-order valence-electron chi connectivity index (χ4n) is 20.6. The first kappa shape index (κ1) is 78.1. The van der Waals surface area contributed by atoms with Crippen LogP contribution in [0.1, 0.15) is 394 Å². The number of hydrogen-bond acceptors (Lipinski definition) is 2. The van der Waals surface area contributed by atoms with Gasteiger partial charge in [-0.3, -0.25) is 0 Å². The molecule has 568 valence electrons. The van der Waals surface area contributed by atoms with Gasteiger partial charge in [-0.2, -0.15) is 0 Å². The van der Waals surface area contributed by atoms with Crippen molar-refractivity contribution in [3.8, 4) is 0 Å². The number of unbranched alkanes of at least 4 members (excludes halogenated alkanes) is 45. The van der Waals surface area contributed by atoms with Gasteiger partial charge in [0.15, 0.2) is 0 Å². The van der Waals surface area contributed by atoms with Crippen LogP contribution in [-0.4, -0.2) is 13.1 Å². The van der Waals surface area contributed by atoms with Crippen LogP contribution >= 0.6 is 0 Å². The summed E-state index contributed by atoms with van der Waals surface area (Å²) in [5.74, 6) is -0.239. The lowest BCUT2D eigenvalue weighted by atomic mass is 9.72. The van der Waals surface area contributed by atoms with Crippen molar-refractivity contribution in [2.45, 2.75) is 388 Å². The molecule has 0 aliphatic heterocycles. The molecular weight excluding hydrogens is 1280 g/mol. The molecule has 0 aliphatic rings. The summed E-state index contributed by atoms with van der Waals surface area (Å²) in [7, 11) is 1.60. The molecule has 0 amide bonds. The molecule has 0 saturated carbocycles. The van der Waals surface area contributed by atoms with Crippen molar-refractivity contribution < 1.29 is 9.53 Å². The lowest BCUT2D eigenvalue weighted by Gasteiger charge is -2.30. The Kier molecular flexibility index (Phi) is 29.2. The van der Waals surface area contributed by atoms with Crippen LogP contribution in [0.25, 0.3) is 129 Å². The van der Waals surface area contributed by atoms with E-state index in [0.717, 1.165) is 32.1 Å². The predicted octanol–water partition coefficient (Wildman–Crippen LogP) is 34.3. The highest BCUT2D eigenvalue weighted by atomic mass is 16.5. The number of carbonyl (C=O) groups excluding carboxylic acids is 1. The second-order valence-electron chi connectivity index (χ2n) is 34.7. The minimum atomic E-state index is -0.239. The van der Waals surface area contributed by atoms with Crippen LogP contribution in [0.3, 0.4) is 0 Å². The molecule has 0 aliphatic carbocycles. The van der Waals surface area contributed by atoms with Crippen LogP contribution in [0.5, 0.6) is 0 Å². The Balaban J connectivity index is 1.02. The van der Waals surface area contributed by atoms with Crippen LogP contribution in [0.15, 0.2) is 72.8 Å². The first-order valence-corrected chi connectivity index (χ1v) is 45.8. The third kappa shape index (κ3) is 17.7. The average molecular weight is 1420 g/mol. The van der Waals surface area contributed by atoms with Crippen molar-refractivity contribution >= 4 is 135 Å².